The molecule has 4 heteroatoms. The summed E-state index contributed by atoms with van der Waals surface area (Å²) in [6, 6.07) is 3.58. The quantitative estimate of drug-likeness (QED) is 0.706. The molecule has 1 aromatic heterocycles. The van der Waals surface area contributed by atoms with Crippen molar-refractivity contribution in [3.8, 4) is 0 Å². The van der Waals surface area contributed by atoms with Crippen LogP contribution >= 0.6 is 0 Å². The van der Waals surface area contributed by atoms with Crippen LogP contribution in [-0.4, -0.2) is 24.0 Å². The van der Waals surface area contributed by atoms with E-state index in [0.29, 0.717) is 5.56 Å². The fraction of sp³-hybridized carbons (Fsp3) is 0.538. The maximum Gasteiger partial charge on any atom is 0.253 e. The van der Waals surface area contributed by atoms with Gasteiger partial charge in [-0.3, -0.25) is 9.78 Å². The normalized spacial score (nSPS) is 10.2. The Labute approximate surface area is 103 Å². The van der Waals surface area contributed by atoms with E-state index >= 15 is 0 Å². The van der Waals surface area contributed by atoms with Gasteiger partial charge in [-0.2, -0.15) is 0 Å². The minimum atomic E-state index is -0.0329. The van der Waals surface area contributed by atoms with Crippen LogP contribution < -0.4 is 11.1 Å². The highest BCUT2D eigenvalue weighted by molar-refractivity contribution is 5.95. The summed E-state index contributed by atoms with van der Waals surface area (Å²) < 4.78 is 0. The first-order chi connectivity index (χ1) is 8.25. The van der Waals surface area contributed by atoms with Crippen molar-refractivity contribution in [1.29, 1.82) is 0 Å². The highest BCUT2D eigenvalue weighted by Crippen LogP contribution is 2.03. The molecule has 3 N–H and O–H groups in total. The number of aryl methyl sites for hydroxylation is 1. The van der Waals surface area contributed by atoms with Gasteiger partial charge in [0.1, 0.15) is 0 Å². The molecule has 0 fully saturated rings. The number of pyridine rings is 1. The summed E-state index contributed by atoms with van der Waals surface area (Å²) in [6.45, 7) is 3.31. The van der Waals surface area contributed by atoms with Gasteiger partial charge in [0.05, 0.1) is 5.56 Å². The average molecular weight is 235 g/mol. The summed E-state index contributed by atoms with van der Waals surface area (Å²) in [5.41, 5.74) is 6.84. The number of carbonyl (C=O) groups is 1. The number of nitrogens with one attached hydrogen (secondary N) is 1. The van der Waals surface area contributed by atoms with Crippen LogP contribution in [0.25, 0.3) is 0 Å². The molecule has 0 aliphatic rings. The molecule has 17 heavy (non-hydrogen) atoms. The standard InChI is InChI=1S/C13H21N3O/c1-11-12(7-6-10-15-11)13(17)16-9-5-3-2-4-8-14/h6-7,10H,2-5,8-9,14H2,1H3,(H,16,17). The molecular weight excluding hydrogens is 214 g/mol. The van der Waals surface area contributed by atoms with E-state index < -0.39 is 0 Å². The number of hydrogen-bond acceptors (Lipinski definition) is 3. The van der Waals surface area contributed by atoms with Gasteiger partial charge in [-0.15, -0.1) is 0 Å². The van der Waals surface area contributed by atoms with E-state index in [1.54, 1.807) is 18.3 Å². The van der Waals surface area contributed by atoms with Crippen molar-refractivity contribution in [3.05, 3.63) is 29.6 Å². The first kappa shape index (κ1) is 13.6. The molecule has 1 aromatic rings. The second-order valence-electron chi connectivity index (χ2n) is 4.10. The maximum absolute atomic E-state index is 11.8. The molecule has 0 saturated heterocycles. The minimum absolute atomic E-state index is 0.0329. The molecule has 0 aliphatic heterocycles. The third-order valence-electron chi connectivity index (χ3n) is 2.67. The lowest BCUT2D eigenvalue weighted by molar-refractivity contribution is 0.0952. The van der Waals surface area contributed by atoms with Crippen LogP contribution in [0.2, 0.25) is 0 Å². The van der Waals surface area contributed by atoms with Crippen molar-refractivity contribution in [2.75, 3.05) is 13.1 Å². The van der Waals surface area contributed by atoms with Crippen molar-refractivity contribution in [3.63, 3.8) is 0 Å². The van der Waals surface area contributed by atoms with E-state index in [-0.39, 0.29) is 5.91 Å². The lowest BCUT2D eigenvalue weighted by Gasteiger charge is -2.06. The predicted molar refractivity (Wildman–Crippen MR) is 68.8 cm³/mol. The van der Waals surface area contributed by atoms with Gasteiger partial charge in [-0.05, 0) is 38.4 Å². The number of hydrogen-bond donors (Lipinski definition) is 2. The molecule has 0 saturated carbocycles. The summed E-state index contributed by atoms with van der Waals surface area (Å²) in [6.07, 6.45) is 6.02. The molecule has 0 radical (unpaired) electrons. The summed E-state index contributed by atoms with van der Waals surface area (Å²) in [7, 11) is 0. The number of nitrogens with two attached hydrogens (primary N) is 1. The highest BCUT2D eigenvalue weighted by atomic mass is 16.1. The molecule has 4 nitrogen and oxygen atoms in total. The predicted octanol–water partition coefficient (Wildman–Crippen LogP) is 1.64. The minimum Gasteiger partial charge on any atom is -0.352 e. The molecule has 0 spiro atoms. The van der Waals surface area contributed by atoms with Crippen molar-refractivity contribution in [2.45, 2.75) is 32.6 Å². The van der Waals surface area contributed by atoms with Crippen LogP contribution in [-0.2, 0) is 0 Å². The number of rotatable bonds is 7. The fourth-order valence-electron chi connectivity index (χ4n) is 1.64. The summed E-state index contributed by atoms with van der Waals surface area (Å²) >= 11 is 0. The number of amides is 1. The van der Waals surface area contributed by atoms with Gasteiger partial charge in [-0.25, -0.2) is 0 Å². The van der Waals surface area contributed by atoms with Crippen LogP contribution in [0, 0.1) is 6.92 Å². The Hall–Kier alpha value is -1.42. The van der Waals surface area contributed by atoms with E-state index in [1.165, 1.54) is 0 Å². The topological polar surface area (TPSA) is 68.0 Å². The van der Waals surface area contributed by atoms with E-state index in [2.05, 4.69) is 10.3 Å². The third kappa shape index (κ3) is 4.95. The molecule has 0 bridgehead atoms. The fourth-order valence-corrected chi connectivity index (χ4v) is 1.64. The Balaban J connectivity index is 2.24. The van der Waals surface area contributed by atoms with Crippen LogP contribution in [0.5, 0.6) is 0 Å². The van der Waals surface area contributed by atoms with Crippen molar-refractivity contribution in [2.24, 2.45) is 5.73 Å². The summed E-state index contributed by atoms with van der Waals surface area (Å²) in [5.74, 6) is -0.0329. The van der Waals surface area contributed by atoms with Gasteiger partial charge in [0.25, 0.3) is 5.91 Å². The maximum atomic E-state index is 11.8. The smallest absolute Gasteiger partial charge is 0.253 e. The van der Waals surface area contributed by atoms with Crippen LogP contribution in [0.1, 0.15) is 41.7 Å². The highest BCUT2D eigenvalue weighted by Gasteiger charge is 2.07. The second kappa shape index (κ2) is 7.79. The Morgan fingerprint density at radius 1 is 1.35 bits per heavy atom. The van der Waals surface area contributed by atoms with Gasteiger partial charge in [-0.1, -0.05) is 12.8 Å². The van der Waals surface area contributed by atoms with Crippen LogP contribution in [0.15, 0.2) is 18.3 Å². The van der Waals surface area contributed by atoms with Gasteiger partial charge >= 0.3 is 0 Å². The zero-order chi connectivity index (χ0) is 12.5. The monoisotopic (exact) mass is 235 g/mol. The summed E-state index contributed by atoms with van der Waals surface area (Å²) in [5, 5.41) is 2.91. The second-order valence-corrected chi connectivity index (χ2v) is 4.10. The van der Waals surface area contributed by atoms with E-state index in [9.17, 15) is 4.79 Å². The Morgan fingerprint density at radius 2 is 2.12 bits per heavy atom. The Kier molecular flexibility index (Phi) is 6.25. The Morgan fingerprint density at radius 3 is 2.82 bits per heavy atom. The van der Waals surface area contributed by atoms with Crippen molar-refractivity contribution < 1.29 is 4.79 Å². The van der Waals surface area contributed by atoms with E-state index in [1.807, 2.05) is 6.92 Å². The molecule has 1 amide bonds. The number of unbranched alkanes of at least 4 members (excludes halogenated alkanes) is 3. The van der Waals surface area contributed by atoms with Gasteiger partial charge in [0.15, 0.2) is 0 Å². The molecule has 0 atom stereocenters. The van der Waals surface area contributed by atoms with Crippen LogP contribution in [0.3, 0.4) is 0 Å². The molecule has 94 valence electrons. The molecule has 1 heterocycles. The van der Waals surface area contributed by atoms with Gasteiger partial charge in [0, 0.05) is 18.4 Å². The van der Waals surface area contributed by atoms with Crippen LogP contribution in [0.4, 0.5) is 0 Å². The average Bonchev–Trinajstić information content (AvgIpc) is 2.34. The molecular formula is C13H21N3O. The van der Waals surface area contributed by atoms with E-state index in [0.717, 1.165) is 44.5 Å². The van der Waals surface area contributed by atoms with Gasteiger partial charge in [0.2, 0.25) is 0 Å². The molecule has 0 aromatic carbocycles. The Bertz CT molecular complexity index is 352. The first-order valence-electron chi connectivity index (χ1n) is 6.15. The molecule has 0 aliphatic carbocycles. The molecule has 0 unspecified atom stereocenters. The van der Waals surface area contributed by atoms with Crippen molar-refractivity contribution >= 4 is 5.91 Å². The molecule has 1 rings (SSSR count). The van der Waals surface area contributed by atoms with Gasteiger partial charge < -0.3 is 11.1 Å². The lowest BCUT2D eigenvalue weighted by Crippen LogP contribution is -2.25. The first-order valence-corrected chi connectivity index (χ1v) is 6.15. The largest absolute Gasteiger partial charge is 0.352 e. The number of aromatic nitrogens is 1. The zero-order valence-electron chi connectivity index (χ0n) is 10.4. The zero-order valence-corrected chi connectivity index (χ0v) is 10.4. The summed E-state index contributed by atoms with van der Waals surface area (Å²) in [4.78, 5) is 15.9. The number of carbonyl (C=O) groups excluding carboxylic acids is 1. The SMILES string of the molecule is Cc1ncccc1C(=O)NCCCCCCN. The number of nitrogens with zero attached hydrogens (tertiary/aromatic N) is 1. The third-order valence-corrected chi connectivity index (χ3v) is 2.67. The van der Waals surface area contributed by atoms with E-state index in [4.69, 9.17) is 5.73 Å². The lowest BCUT2D eigenvalue weighted by atomic mass is 10.1. The van der Waals surface area contributed by atoms with Crippen molar-refractivity contribution in [1.82, 2.24) is 10.3 Å².